The number of hydrogen-bond acceptors (Lipinski definition) is 2. The van der Waals surface area contributed by atoms with Crippen molar-refractivity contribution in [1.82, 2.24) is 0 Å². The van der Waals surface area contributed by atoms with Crippen LogP contribution in [0.5, 0.6) is 5.75 Å². The highest BCUT2D eigenvalue weighted by Crippen LogP contribution is 2.29. The van der Waals surface area contributed by atoms with E-state index in [0.29, 0.717) is 0 Å². The van der Waals surface area contributed by atoms with E-state index in [1.807, 2.05) is 26.8 Å². The maximum atomic E-state index is 13.4. The van der Waals surface area contributed by atoms with E-state index < -0.39 is 11.6 Å². The Labute approximate surface area is 101 Å². The Morgan fingerprint density at radius 2 is 1.88 bits per heavy atom. The number of halogens is 1. The first kappa shape index (κ1) is 13.4. The van der Waals surface area contributed by atoms with E-state index in [2.05, 4.69) is 0 Å². The molecule has 0 N–H and O–H groups in total. The summed E-state index contributed by atoms with van der Waals surface area (Å²) >= 11 is 0. The minimum atomic E-state index is -0.722. The van der Waals surface area contributed by atoms with Crippen LogP contribution in [0.15, 0.2) is 11.9 Å². The lowest BCUT2D eigenvalue weighted by molar-refractivity contribution is -0.114. The molecule has 0 saturated heterocycles. The van der Waals surface area contributed by atoms with Crippen molar-refractivity contribution in [2.75, 3.05) is 7.11 Å². The van der Waals surface area contributed by atoms with Crippen LogP contribution in [0.4, 0.5) is 4.39 Å². The van der Waals surface area contributed by atoms with E-state index in [1.54, 1.807) is 7.11 Å². The van der Waals surface area contributed by atoms with Gasteiger partial charge in [-0.05, 0) is 55.2 Å². The lowest BCUT2D eigenvalue weighted by Crippen LogP contribution is -1.97. The van der Waals surface area contributed by atoms with Gasteiger partial charge in [0.2, 0.25) is 0 Å². The average molecular weight is 236 g/mol. The lowest BCUT2D eigenvalue weighted by Gasteiger charge is -2.13. The van der Waals surface area contributed by atoms with Crippen molar-refractivity contribution in [3.63, 3.8) is 0 Å². The second kappa shape index (κ2) is 5.13. The zero-order valence-corrected chi connectivity index (χ0v) is 10.8. The molecule has 17 heavy (non-hydrogen) atoms. The van der Waals surface area contributed by atoms with E-state index in [9.17, 15) is 9.18 Å². The normalized spacial score (nSPS) is 11.5. The molecule has 0 aliphatic rings. The molecule has 0 aromatic heterocycles. The Hall–Kier alpha value is -1.64. The van der Waals surface area contributed by atoms with Gasteiger partial charge in [0.05, 0.1) is 7.11 Å². The summed E-state index contributed by atoms with van der Waals surface area (Å²) in [5.41, 5.74) is 3.52. The van der Waals surface area contributed by atoms with Crippen LogP contribution in [-0.4, -0.2) is 12.9 Å². The molecule has 0 atom stereocenters. The highest BCUT2D eigenvalue weighted by molar-refractivity contribution is 5.95. The summed E-state index contributed by atoms with van der Waals surface area (Å²) < 4.78 is 18.6. The molecule has 0 amide bonds. The molecule has 1 rings (SSSR count). The van der Waals surface area contributed by atoms with Gasteiger partial charge in [0, 0.05) is 6.92 Å². The summed E-state index contributed by atoms with van der Waals surface area (Å²) in [6.45, 7) is 6.89. The van der Waals surface area contributed by atoms with Gasteiger partial charge in [0.15, 0.2) is 11.6 Å². The molecule has 0 unspecified atom stereocenters. The van der Waals surface area contributed by atoms with Gasteiger partial charge >= 0.3 is 0 Å². The lowest BCUT2D eigenvalue weighted by atomic mass is 9.96. The Morgan fingerprint density at radius 3 is 2.35 bits per heavy atom. The number of methoxy groups -OCH3 is 1. The predicted molar refractivity (Wildman–Crippen MR) is 67.0 cm³/mol. The van der Waals surface area contributed by atoms with Crippen LogP contribution in [0, 0.1) is 20.8 Å². The fraction of sp³-hybridized carbons (Fsp3) is 0.357. The minimum absolute atomic E-state index is 0.558. The summed E-state index contributed by atoms with van der Waals surface area (Å²) in [4.78, 5) is 10.9. The summed E-state index contributed by atoms with van der Waals surface area (Å²) in [5, 5.41) is 0. The second-order valence-electron chi connectivity index (χ2n) is 4.11. The zero-order valence-electron chi connectivity index (χ0n) is 10.8. The molecular formula is C14H17FO2. The van der Waals surface area contributed by atoms with Crippen molar-refractivity contribution in [2.45, 2.75) is 27.7 Å². The summed E-state index contributed by atoms with van der Waals surface area (Å²) in [7, 11) is 1.60. The number of benzene rings is 1. The largest absolute Gasteiger partial charge is 0.496 e. The minimum Gasteiger partial charge on any atom is -0.496 e. The highest BCUT2D eigenvalue weighted by atomic mass is 19.1. The van der Waals surface area contributed by atoms with Crippen LogP contribution < -0.4 is 4.74 Å². The fourth-order valence-corrected chi connectivity index (χ4v) is 1.73. The zero-order chi connectivity index (χ0) is 13.2. The Bertz CT molecular complexity index is 487. The molecule has 0 heterocycles. The molecular weight excluding hydrogens is 219 g/mol. The number of Topliss-reactive ketones (excluding diaryl/α,β-unsaturated/α-hetero) is 1. The van der Waals surface area contributed by atoms with Crippen molar-refractivity contribution in [1.29, 1.82) is 0 Å². The van der Waals surface area contributed by atoms with E-state index in [-0.39, 0.29) is 0 Å². The molecule has 0 fully saturated rings. The van der Waals surface area contributed by atoms with Gasteiger partial charge in [-0.15, -0.1) is 0 Å². The second-order valence-corrected chi connectivity index (χ2v) is 4.11. The van der Waals surface area contributed by atoms with Crippen LogP contribution in [0.2, 0.25) is 0 Å². The standard InChI is InChI=1S/C14H17FO2/c1-8-6-14(17-5)10(3)9(2)12(8)7-13(15)11(4)16/h6-7H,1-5H3/b13-7+. The number of rotatable bonds is 3. The van der Waals surface area contributed by atoms with E-state index in [0.717, 1.165) is 28.0 Å². The topological polar surface area (TPSA) is 26.3 Å². The van der Waals surface area contributed by atoms with Gasteiger partial charge in [0.1, 0.15) is 5.75 Å². The fourth-order valence-electron chi connectivity index (χ4n) is 1.73. The van der Waals surface area contributed by atoms with Crippen LogP contribution in [0.1, 0.15) is 29.2 Å². The number of carbonyl (C=O) groups excluding carboxylic acids is 1. The summed E-state index contributed by atoms with van der Waals surface area (Å²) in [6.07, 6.45) is 1.29. The first-order chi connectivity index (χ1) is 7.88. The Kier molecular flexibility index (Phi) is 4.05. The van der Waals surface area contributed by atoms with E-state index >= 15 is 0 Å². The number of aryl methyl sites for hydroxylation is 1. The predicted octanol–water partition coefficient (Wildman–Crippen LogP) is 3.52. The molecule has 0 aliphatic carbocycles. The van der Waals surface area contributed by atoms with Gasteiger partial charge in [0.25, 0.3) is 0 Å². The van der Waals surface area contributed by atoms with Crippen molar-refractivity contribution in [3.05, 3.63) is 34.1 Å². The van der Waals surface area contributed by atoms with Crippen molar-refractivity contribution in [2.24, 2.45) is 0 Å². The SMILES string of the molecule is COc1cc(C)c(/C=C(/F)C(C)=O)c(C)c1C. The molecule has 92 valence electrons. The van der Waals surface area contributed by atoms with Gasteiger partial charge in [-0.1, -0.05) is 0 Å². The van der Waals surface area contributed by atoms with Gasteiger partial charge in [-0.3, -0.25) is 4.79 Å². The van der Waals surface area contributed by atoms with Gasteiger partial charge in [-0.25, -0.2) is 4.39 Å². The van der Waals surface area contributed by atoms with Crippen molar-refractivity contribution < 1.29 is 13.9 Å². The third-order valence-electron chi connectivity index (χ3n) is 2.94. The molecule has 1 aromatic rings. The molecule has 2 nitrogen and oxygen atoms in total. The monoisotopic (exact) mass is 236 g/mol. The quantitative estimate of drug-likeness (QED) is 0.750. The number of hydrogen-bond donors (Lipinski definition) is 0. The van der Waals surface area contributed by atoms with Crippen LogP contribution in [-0.2, 0) is 4.79 Å². The highest BCUT2D eigenvalue weighted by Gasteiger charge is 2.11. The van der Waals surface area contributed by atoms with E-state index in [1.165, 1.54) is 13.0 Å². The number of allylic oxidation sites excluding steroid dienone is 1. The van der Waals surface area contributed by atoms with Crippen LogP contribution >= 0.6 is 0 Å². The average Bonchev–Trinajstić information content (AvgIpc) is 2.28. The summed E-state index contributed by atoms with van der Waals surface area (Å²) in [6, 6.07) is 1.85. The molecule has 3 heteroatoms. The third-order valence-corrected chi connectivity index (χ3v) is 2.94. The number of ether oxygens (including phenoxy) is 1. The molecule has 0 radical (unpaired) electrons. The molecule has 1 aromatic carbocycles. The Morgan fingerprint density at radius 1 is 1.29 bits per heavy atom. The first-order valence-corrected chi connectivity index (χ1v) is 5.41. The van der Waals surface area contributed by atoms with Crippen molar-refractivity contribution >= 4 is 11.9 Å². The molecule has 0 spiro atoms. The molecule has 0 bridgehead atoms. The maximum Gasteiger partial charge on any atom is 0.188 e. The van der Waals surface area contributed by atoms with Crippen LogP contribution in [0.25, 0.3) is 6.08 Å². The molecule has 0 saturated carbocycles. The van der Waals surface area contributed by atoms with Crippen molar-refractivity contribution in [3.8, 4) is 5.75 Å². The third kappa shape index (κ3) is 2.73. The number of carbonyl (C=O) groups is 1. The first-order valence-electron chi connectivity index (χ1n) is 5.41. The van der Waals surface area contributed by atoms with Crippen LogP contribution in [0.3, 0.4) is 0 Å². The summed E-state index contributed by atoms with van der Waals surface area (Å²) in [5.74, 6) is -0.501. The smallest absolute Gasteiger partial charge is 0.188 e. The maximum absolute atomic E-state index is 13.4. The van der Waals surface area contributed by atoms with Gasteiger partial charge in [-0.2, -0.15) is 0 Å². The number of ketones is 1. The van der Waals surface area contributed by atoms with Gasteiger partial charge < -0.3 is 4.74 Å². The van der Waals surface area contributed by atoms with E-state index in [4.69, 9.17) is 4.74 Å². The Balaban J connectivity index is 3.41. The molecule has 0 aliphatic heterocycles.